The van der Waals surface area contributed by atoms with E-state index < -0.39 is 11.8 Å². The van der Waals surface area contributed by atoms with E-state index in [2.05, 4.69) is 57.6 Å². The van der Waals surface area contributed by atoms with Gasteiger partial charge in [0.25, 0.3) is 0 Å². The van der Waals surface area contributed by atoms with Crippen molar-refractivity contribution in [1.29, 1.82) is 0 Å². The molecule has 1 unspecified atom stereocenters. The molecule has 0 saturated carbocycles. The molecule has 1 atom stereocenters. The van der Waals surface area contributed by atoms with Gasteiger partial charge < -0.3 is 20.4 Å². The van der Waals surface area contributed by atoms with E-state index >= 15 is 0 Å². The van der Waals surface area contributed by atoms with Gasteiger partial charge in [0.15, 0.2) is 0 Å². The summed E-state index contributed by atoms with van der Waals surface area (Å²) >= 11 is 0. The molecular formula is C26H35N5O2. The summed E-state index contributed by atoms with van der Waals surface area (Å²) in [7, 11) is 4.26. The first-order valence-electron chi connectivity index (χ1n) is 11.9. The number of likely N-dealkylation sites (N-methyl/N-ethyl adjacent to an activating group) is 2. The Bertz CT molecular complexity index is 1000. The fraction of sp³-hybridized carbons (Fsp3) is 0.462. The lowest BCUT2D eigenvalue weighted by Crippen LogP contribution is -2.49. The number of anilines is 2. The summed E-state index contributed by atoms with van der Waals surface area (Å²) in [6.45, 7) is 7.32. The summed E-state index contributed by atoms with van der Waals surface area (Å²) in [5.41, 5.74) is 5.55. The smallest absolute Gasteiger partial charge is 0.313 e. The first-order chi connectivity index (χ1) is 16.0. The van der Waals surface area contributed by atoms with Gasteiger partial charge in [0.05, 0.1) is 6.04 Å². The van der Waals surface area contributed by atoms with E-state index in [0.717, 1.165) is 51.1 Å². The van der Waals surface area contributed by atoms with Crippen LogP contribution in [-0.4, -0.2) is 75.0 Å². The Morgan fingerprint density at radius 2 is 1.73 bits per heavy atom. The highest BCUT2D eigenvalue weighted by Gasteiger charge is 2.27. The standard InChI is InChI=1S/C26H35N5O2/c1-4-19-7-5-6-8-22(19)28-26(33)25(32)27-18-24(31-15-13-29(2)14-16-31)20-9-10-23-21(17-20)11-12-30(23)3/h5-10,17,24H,4,11-16,18H2,1-3H3,(H,27,32)(H,28,33). The molecule has 2 aromatic carbocycles. The molecule has 2 aromatic rings. The summed E-state index contributed by atoms with van der Waals surface area (Å²) in [5, 5.41) is 5.68. The molecule has 0 spiro atoms. The van der Waals surface area contributed by atoms with Crippen LogP contribution >= 0.6 is 0 Å². The summed E-state index contributed by atoms with van der Waals surface area (Å²) < 4.78 is 0. The summed E-state index contributed by atoms with van der Waals surface area (Å²) in [4.78, 5) is 32.3. The van der Waals surface area contributed by atoms with E-state index in [0.29, 0.717) is 12.2 Å². The molecule has 2 amide bonds. The highest BCUT2D eigenvalue weighted by Crippen LogP contribution is 2.31. The maximum absolute atomic E-state index is 12.7. The van der Waals surface area contributed by atoms with Crippen LogP contribution in [0.5, 0.6) is 0 Å². The predicted molar refractivity (Wildman–Crippen MR) is 133 cm³/mol. The van der Waals surface area contributed by atoms with Crippen LogP contribution in [0.1, 0.15) is 29.7 Å². The molecule has 1 saturated heterocycles. The number of aryl methyl sites for hydroxylation is 1. The fourth-order valence-electron chi connectivity index (χ4n) is 4.78. The number of benzene rings is 2. The first-order valence-corrected chi connectivity index (χ1v) is 11.9. The number of para-hydroxylation sites is 1. The Labute approximate surface area is 196 Å². The van der Waals surface area contributed by atoms with Gasteiger partial charge in [-0.1, -0.05) is 37.3 Å². The minimum Gasteiger partial charge on any atom is -0.374 e. The third-order valence-corrected chi connectivity index (χ3v) is 6.90. The van der Waals surface area contributed by atoms with Crippen LogP contribution in [0.4, 0.5) is 11.4 Å². The Hall–Kier alpha value is -2.90. The summed E-state index contributed by atoms with van der Waals surface area (Å²) in [6, 6.07) is 14.3. The largest absolute Gasteiger partial charge is 0.374 e. The van der Waals surface area contributed by atoms with Gasteiger partial charge in [-0.25, -0.2) is 0 Å². The maximum atomic E-state index is 12.7. The molecule has 2 aliphatic rings. The van der Waals surface area contributed by atoms with E-state index in [1.54, 1.807) is 0 Å². The predicted octanol–water partition coefficient (Wildman–Crippen LogP) is 2.28. The van der Waals surface area contributed by atoms with Crippen LogP contribution in [0.25, 0.3) is 0 Å². The van der Waals surface area contributed by atoms with Gasteiger partial charge in [0.1, 0.15) is 0 Å². The van der Waals surface area contributed by atoms with Crippen molar-refractivity contribution in [2.24, 2.45) is 0 Å². The average molecular weight is 450 g/mol. The Kier molecular flexibility index (Phi) is 7.30. The van der Waals surface area contributed by atoms with Crippen LogP contribution in [0.2, 0.25) is 0 Å². The lowest BCUT2D eigenvalue weighted by atomic mass is 10.00. The van der Waals surface area contributed by atoms with Crippen molar-refractivity contribution in [1.82, 2.24) is 15.1 Å². The molecule has 1 fully saturated rings. The van der Waals surface area contributed by atoms with E-state index in [-0.39, 0.29) is 6.04 Å². The third-order valence-electron chi connectivity index (χ3n) is 6.90. The lowest BCUT2D eigenvalue weighted by Gasteiger charge is -2.38. The Morgan fingerprint density at radius 3 is 2.48 bits per heavy atom. The van der Waals surface area contributed by atoms with Crippen molar-refractivity contribution in [2.45, 2.75) is 25.8 Å². The Balaban J connectivity index is 1.46. The van der Waals surface area contributed by atoms with Gasteiger partial charge in [-0.05, 0) is 48.7 Å². The van der Waals surface area contributed by atoms with Crippen molar-refractivity contribution in [3.05, 3.63) is 59.2 Å². The van der Waals surface area contributed by atoms with Gasteiger partial charge in [-0.15, -0.1) is 0 Å². The number of hydrogen-bond donors (Lipinski definition) is 2. The molecule has 0 aromatic heterocycles. The second-order valence-electron chi connectivity index (χ2n) is 9.09. The molecule has 0 bridgehead atoms. The molecule has 176 valence electrons. The summed E-state index contributed by atoms with van der Waals surface area (Å²) in [6.07, 6.45) is 1.83. The molecule has 4 rings (SSSR count). The molecule has 7 nitrogen and oxygen atoms in total. The minimum atomic E-state index is -0.622. The molecule has 2 heterocycles. The molecule has 2 N–H and O–H groups in total. The van der Waals surface area contributed by atoms with Crippen molar-refractivity contribution >= 4 is 23.2 Å². The van der Waals surface area contributed by atoms with Gasteiger partial charge >= 0.3 is 11.8 Å². The highest BCUT2D eigenvalue weighted by atomic mass is 16.2. The normalized spacial score (nSPS) is 17.5. The van der Waals surface area contributed by atoms with Crippen LogP contribution < -0.4 is 15.5 Å². The number of nitrogens with zero attached hydrogens (tertiary/aromatic N) is 3. The van der Waals surface area contributed by atoms with Crippen LogP contribution in [-0.2, 0) is 22.4 Å². The van der Waals surface area contributed by atoms with Crippen molar-refractivity contribution in [3.8, 4) is 0 Å². The zero-order valence-electron chi connectivity index (χ0n) is 19.9. The lowest BCUT2D eigenvalue weighted by molar-refractivity contribution is -0.136. The van der Waals surface area contributed by atoms with Gasteiger partial charge in [-0.3, -0.25) is 14.5 Å². The van der Waals surface area contributed by atoms with E-state index in [1.807, 2.05) is 31.2 Å². The van der Waals surface area contributed by atoms with Gasteiger partial charge in [0, 0.05) is 57.7 Å². The minimum absolute atomic E-state index is 0.0367. The number of carbonyl (C=O) groups is 2. The quantitative estimate of drug-likeness (QED) is 0.663. The third kappa shape index (κ3) is 5.37. The molecule has 0 aliphatic carbocycles. The average Bonchev–Trinajstić information content (AvgIpc) is 3.20. The zero-order chi connectivity index (χ0) is 23.4. The van der Waals surface area contributed by atoms with Gasteiger partial charge in [-0.2, -0.15) is 0 Å². The first kappa shape index (κ1) is 23.3. The Morgan fingerprint density at radius 1 is 0.970 bits per heavy atom. The maximum Gasteiger partial charge on any atom is 0.313 e. The number of piperazine rings is 1. The summed E-state index contributed by atoms with van der Waals surface area (Å²) in [5.74, 6) is -1.22. The number of carbonyl (C=O) groups excluding carboxylic acids is 2. The highest BCUT2D eigenvalue weighted by molar-refractivity contribution is 6.39. The fourth-order valence-corrected chi connectivity index (χ4v) is 4.78. The molecule has 2 aliphatic heterocycles. The molecule has 33 heavy (non-hydrogen) atoms. The van der Waals surface area contributed by atoms with Crippen LogP contribution in [0.3, 0.4) is 0 Å². The zero-order valence-corrected chi connectivity index (χ0v) is 19.9. The van der Waals surface area contributed by atoms with Crippen LogP contribution in [0, 0.1) is 0 Å². The molecular weight excluding hydrogens is 414 g/mol. The molecule has 7 heteroatoms. The number of fused-ring (bicyclic) bond motifs is 1. The van der Waals surface area contributed by atoms with Crippen molar-refractivity contribution in [3.63, 3.8) is 0 Å². The number of rotatable bonds is 6. The van der Waals surface area contributed by atoms with Crippen molar-refractivity contribution < 1.29 is 9.59 Å². The van der Waals surface area contributed by atoms with Crippen molar-refractivity contribution in [2.75, 3.05) is 63.6 Å². The number of amides is 2. The van der Waals surface area contributed by atoms with E-state index in [1.165, 1.54) is 16.8 Å². The second-order valence-corrected chi connectivity index (χ2v) is 9.09. The van der Waals surface area contributed by atoms with E-state index in [4.69, 9.17) is 0 Å². The second kappa shape index (κ2) is 10.4. The SMILES string of the molecule is CCc1ccccc1NC(=O)C(=O)NCC(c1ccc2c(c1)CCN2C)N1CCN(C)CC1. The topological polar surface area (TPSA) is 67.9 Å². The number of hydrogen-bond acceptors (Lipinski definition) is 5. The van der Waals surface area contributed by atoms with Crippen LogP contribution in [0.15, 0.2) is 42.5 Å². The molecule has 0 radical (unpaired) electrons. The van der Waals surface area contributed by atoms with E-state index in [9.17, 15) is 9.59 Å². The van der Waals surface area contributed by atoms with Gasteiger partial charge in [0.2, 0.25) is 0 Å². The number of nitrogens with one attached hydrogen (secondary N) is 2. The monoisotopic (exact) mass is 449 g/mol.